The van der Waals surface area contributed by atoms with Gasteiger partial charge in [0, 0.05) is 50.4 Å². The van der Waals surface area contributed by atoms with Crippen molar-refractivity contribution < 1.29 is 19.0 Å². The molecule has 0 aromatic heterocycles. The molecular weight excluding hydrogens is 535 g/mol. The van der Waals surface area contributed by atoms with Gasteiger partial charge in [-0.05, 0) is 31.0 Å². The standard InChI is InChI=1S/C24H34N4O4.HI/c1-7-25-24(27-16-17-8-10-18(11-9-17)23(29)28(2)3)26-13-12-20-21(31-5)14-19(30-4)15-22(20)32-6;/h8-11,14-15H,7,12-13,16H2,1-6H3,(H2,25,26,27);1H. The van der Waals surface area contributed by atoms with Crippen molar-refractivity contribution in [1.29, 1.82) is 0 Å². The Morgan fingerprint density at radius 2 is 1.58 bits per heavy atom. The van der Waals surface area contributed by atoms with Crippen LogP contribution in [0.3, 0.4) is 0 Å². The highest BCUT2D eigenvalue weighted by Gasteiger charge is 2.13. The van der Waals surface area contributed by atoms with Crippen molar-refractivity contribution in [3.8, 4) is 17.2 Å². The number of nitrogens with one attached hydrogen (secondary N) is 2. The quantitative estimate of drug-likeness (QED) is 0.259. The Hall–Kier alpha value is -2.69. The molecule has 0 aliphatic rings. The Balaban J connectivity index is 0.00000544. The second kappa shape index (κ2) is 14.5. The number of methoxy groups -OCH3 is 3. The Kier molecular flexibility index (Phi) is 12.4. The third-order valence-electron chi connectivity index (χ3n) is 4.86. The molecule has 33 heavy (non-hydrogen) atoms. The van der Waals surface area contributed by atoms with Crippen LogP contribution in [0.25, 0.3) is 0 Å². The molecule has 0 spiro atoms. The van der Waals surface area contributed by atoms with Crippen LogP contribution >= 0.6 is 24.0 Å². The van der Waals surface area contributed by atoms with Gasteiger partial charge < -0.3 is 29.7 Å². The van der Waals surface area contributed by atoms with Crippen LogP contribution in [0.5, 0.6) is 17.2 Å². The van der Waals surface area contributed by atoms with Crippen molar-refractivity contribution in [2.75, 3.05) is 48.5 Å². The summed E-state index contributed by atoms with van der Waals surface area (Å²) in [6.07, 6.45) is 0.683. The lowest BCUT2D eigenvalue weighted by molar-refractivity contribution is 0.0827. The fourth-order valence-electron chi connectivity index (χ4n) is 3.15. The van der Waals surface area contributed by atoms with E-state index in [2.05, 4.69) is 15.6 Å². The molecule has 0 aliphatic carbocycles. The predicted octanol–water partition coefficient (Wildman–Crippen LogP) is 3.33. The van der Waals surface area contributed by atoms with Crippen LogP contribution in [0.4, 0.5) is 0 Å². The highest BCUT2D eigenvalue weighted by Crippen LogP contribution is 2.34. The minimum Gasteiger partial charge on any atom is -0.496 e. The van der Waals surface area contributed by atoms with Crippen molar-refractivity contribution in [2.45, 2.75) is 19.9 Å². The number of nitrogens with zero attached hydrogens (tertiary/aromatic N) is 2. The summed E-state index contributed by atoms with van der Waals surface area (Å²) in [6, 6.07) is 11.2. The number of halogens is 1. The summed E-state index contributed by atoms with van der Waals surface area (Å²) in [6.45, 7) is 3.91. The van der Waals surface area contributed by atoms with E-state index in [1.807, 2.05) is 43.3 Å². The Morgan fingerprint density at radius 3 is 2.06 bits per heavy atom. The van der Waals surface area contributed by atoms with E-state index in [1.54, 1.807) is 40.3 Å². The monoisotopic (exact) mass is 570 g/mol. The van der Waals surface area contributed by atoms with Crippen LogP contribution in [0, 0.1) is 0 Å². The molecule has 2 rings (SSSR count). The third-order valence-corrected chi connectivity index (χ3v) is 4.86. The van der Waals surface area contributed by atoms with Crippen LogP contribution < -0.4 is 24.8 Å². The summed E-state index contributed by atoms with van der Waals surface area (Å²) in [5.41, 5.74) is 2.64. The first kappa shape index (κ1) is 28.3. The lowest BCUT2D eigenvalue weighted by atomic mass is 10.1. The Morgan fingerprint density at radius 1 is 0.970 bits per heavy atom. The minimum atomic E-state index is -0.0144. The second-order valence-electron chi connectivity index (χ2n) is 7.28. The van der Waals surface area contributed by atoms with E-state index in [-0.39, 0.29) is 29.9 Å². The summed E-state index contributed by atoms with van der Waals surface area (Å²) in [5, 5.41) is 6.61. The third kappa shape index (κ3) is 8.30. The maximum Gasteiger partial charge on any atom is 0.253 e. The first-order chi connectivity index (χ1) is 15.4. The number of hydrogen-bond donors (Lipinski definition) is 2. The maximum absolute atomic E-state index is 12.0. The van der Waals surface area contributed by atoms with Gasteiger partial charge >= 0.3 is 0 Å². The molecule has 2 aromatic carbocycles. The van der Waals surface area contributed by atoms with Crippen LogP contribution in [0.2, 0.25) is 0 Å². The fraction of sp³-hybridized carbons (Fsp3) is 0.417. The zero-order valence-corrected chi connectivity index (χ0v) is 22.6. The van der Waals surface area contributed by atoms with E-state index in [9.17, 15) is 4.79 Å². The van der Waals surface area contributed by atoms with E-state index >= 15 is 0 Å². The Bertz CT molecular complexity index is 892. The average Bonchev–Trinajstić information content (AvgIpc) is 2.81. The van der Waals surface area contributed by atoms with Gasteiger partial charge in [-0.2, -0.15) is 0 Å². The highest BCUT2D eigenvalue weighted by atomic mass is 127. The highest BCUT2D eigenvalue weighted by molar-refractivity contribution is 14.0. The topological polar surface area (TPSA) is 84.4 Å². The molecule has 0 unspecified atom stereocenters. The van der Waals surface area contributed by atoms with Gasteiger partial charge in [-0.1, -0.05) is 12.1 Å². The largest absolute Gasteiger partial charge is 0.496 e. The first-order valence-corrected chi connectivity index (χ1v) is 10.5. The molecule has 0 bridgehead atoms. The molecule has 2 aromatic rings. The summed E-state index contributed by atoms with van der Waals surface area (Å²) in [7, 11) is 8.36. The van der Waals surface area contributed by atoms with Gasteiger partial charge in [-0.3, -0.25) is 4.79 Å². The van der Waals surface area contributed by atoms with Crippen LogP contribution in [0.1, 0.15) is 28.4 Å². The average molecular weight is 570 g/mol. The molecule has 8 nitrogen and oxygen atoms in total. The molecule has 0 aliphatic heterocycles. The molecule has 9 heteroatoms. The van der Waals surface area contributed by atoms with Crippen LogP contribution in [-0.2, 0) is 13.0 Å². The van der Waals surface area contributed by atoms with E-state index in [0.717, 1.165) is 29.2 Å². The SMILES string of the molecule is CCNC(=NCc1ccc(C(=O)N(C)C)cc1)NCCc1c(OC)cc(OC)cc1OC.I. The van der Waals surface area contributed by atoms with Gasteiger partial charge in [0.2, 0.25) is 0 Å². The normalized spacial score (nSPS) is 10.7. The number of guanidine groups is 1. The maximum atomic E-state index is 12.0. The number of carbonyl (C=O) groups excluding carboxylic acids is 1. The number of hydrogen-bond acceptors (Lipinski definition) is 5. The van der Waals surface area contributed by atoms with Crippen LogP contribution in [-0.4, -0.2) is 65.3 Å². The lowest BCUT2D eigenvalue weighted by Crippen LogP contribution is -2.38. The summed E-state index contributed by atoms with van der Waals surface area (Å²) in [5.74, 6) is 2.82. The smallest absolute Gasteiger partial charge is 0.253 e. The number of benzene rings is 2. The van der Waals surface area contributed by atoms with E-state index in [0.29, 0.717) is 36.8 Å². The summed E-state index contributed by atoms with van der Waals surface area (Å²) >= 11 is 0. The van der Waals surface area contributed by atoms with Crippen molar-refractivity contribution in [1.82, 2.24) is 15.5 Å². The number of aliphatic imine (C=N–C) groups is 1. The zero-order chi connectivity index (χ0) is 23.5. The molecule has 0 atom stereocenters. The van der Waals surface area contributed by atoms with Crippen molar-refractivity contribution in [3.63, 3.8) is 0 Å². The molecule has 0 saturated heterocycles. The lowest BCUT2D eigenvalue weighted by Gasteiger charge is -2.16. The van der Waals surface area contributed by atoms with E-state index in [1.165, 1.54) is 0 Å². The van der Waals surface area contributed by atoms with Crippen LogP contribution in [0.15, 0.2) is 41.4 Å². The van der Waals surface area contributed by atoms with Gasteiger partial charge in [0.15, 0.2) is 5.96 Å². The fourth-order valence-corrected chi connectivity index (χ4v) is 3.15. The molecular formula is C24H35IN4O4. The summed E-state index contributed by atoms with van der Waals surface area (Å²) < 4.78 is 16.4. The van der Waals surface area contributed by atoms with Gasteiger partial charge in [0.25, 0.3) is 5.91 Å². The molecule has 0 radical (unpaired) electrons. The van der Waals surface area contributed by atoms with E-state index in [4.69, 9.17) is 14.2 Å². The molecule has 1 amide bonds. The molecule has 0 heterocycles. The first-order valence-electron chi connectivity index (χ1n) is 10.5. The van der Waals surface area contributed by atoms with Crippen molar-refractivity contribution >= 4 is 35.8 Å². The Labute approximate surface area is 213 Å². The minimum absolute atomic E-state index is 0. The second-order valence-corrected chi connectivity index (χ2v) is 7.28. The molecule has 2 N–H and O–H groups in total. The summed E-state index contributed by atoms with van der Waals surface area (Å²) in [4.78, 5) is 18.2. The molecule has 0 fully saturated rings. The predicted molar refractivity (Wildman–Crippen MR) is 142 cm³/mol. The van der Waals surface area contributed by atoms with Gasteiger partial charge in [0.1, 0.15) is 17.2 Å². The molecule has 0 saturated carbocycles. The van der Waals surface area contributed by atoms with Gasteiger partial charge in [-0.25, -0.2) is 4.99 Å². The van der Waals surface area contributed by atoms with Gasteiger partial charge in [-0.15, -0.1) is 24.0 Å². The van der Waals surface area contributed by atoms with E-state index < -0.39 is 0 Å². The number of rotatable bonds is 10. The zero-order valence-electron chi connectivity index (χ0n) is 20.2. The number of carbonyl (C=O) groups is 1. The van der Waals surface area contributed by atoms with Crippen molar-refractivity contribution in [2.24, 2.45) is 4.99 Å². The van der Waals surface area contributed by atoms with Crippen molar-refractivity contribution in [3.05, 3.63) is 53.1 Å². The number of amides is 1. The van der Waals surface area contributed by atoms with Gasteiger partial charge in [0.05, 0.1) is 27.9 Å². The molecule has 182 valence electrons. The number of ether oxygens (including phenoxy) is 3.